The first-order chi connectivity index (χ1) is 16.5. The highest BCUT2D eigenvalue weighted by atomic mass is 32.1. The molecular weight excluding hydrogens is 454 g/mol. The molecule has 1 fully saturated rings. The monoisotopic (exact) mass is 483 g/mol. The number of carbonyl (C=O) groups excluding carboxylic acids is 3. The third-order valence-corrected chi connectivity index (χ3v) is 5.44. The van der Waals surface area contributed by atoms with Gasteiger partial charge in [0.25, 0.3) is 5.91 Å². The smallest absolute Gasteiger partial charge is 0.306 e. The summed E-state index contributed by atoms with van der Waals surface area (Å²) < 4.78 is 10.7. The van der Waals surface area contributed by atoms with E-state index in [1.807, 2.05) is 30.3 Å². The molecule has 1 atom stereocenters. The molecule has 1 aliphatic heterocycles. The van der Waals surface area contributed by atoms with Crippen LogP contribution in [-0.4, -0.2) is 48.8 Å². The Hall–Kier alpha value is -3.30. The highest BCUT2D eigenvalue weighted by Crippen LogP contribution is 2.16. The van der Waals surface area contributed by atoms with Gasteiger partial charge in [-0.3, -0.25) is 14.4 Å². The largest absolute Gasteiger partial charge is 0.465 e. The normalized spacial score (nSPS) is 14.8. The molecule has 0 bridgehead atoms. The van der Waals surface area contributed by atoms with Crippen LogP contribution >= 0.6 is 12.2 Å². The molecule has 2 amide bonds. The summed E-state index contributed by atoms with van der Waals surface area (Å²) in [6.07, 6.45) is 2.47. The van der Waals surface area contributed by atoms with E-state index in [0.717, 1.165) is 25.0 Å². The van der Waals surface area contributed by atoms with Crippen LogP contribution in [0, 0.1) is 0 Å². The lowest BCUT2D eigenvalue weighted by molar-refractivity contribution is -0.144. The lowest BCUT2D eigenvalue weighted by atomic mass is 10.1. The molecule has 0 aliphatic carbocycles. The average molecular weight is 484 g/mol. The maximum atomic E-state index is 12.6. The second kappa shape index (κ2) is 13.4. The van der Waals surface area contributed by atoms with E-state index in [0.29, 0.717) is 24.2 Å². The van der Waals surface area contributed by atoms with Crippen molar-refractivity contribution in [3.8, 4) is 0 Å². The Bertz CT molecular complexity index is 993. The number of nitrogens with one attached hydrogen (secondary N) is 3. The minimum atomic E-state index is -0.446. The van der Waals surface area contributed by atoms with E-state index >= 15 is 0 Å². The fourth-order valence-corrected chi connectivity index (χ4v) is 3.68. The molecule has 0 aromatic heterocycles. The molecule has 180 valence electrons. The summed E-state index contributed by atoms with van der Waals surface area (Å²) in [5, 5.41) is 8.32. The van der Waals surface area contributed by atoms with Crippen molar-refractivity contribution in [1.82, 2.24) is 10.6 Å². The number of rotatable bonds is 10. The fourth-order valence-electron chi connectivity index (χ4n) is 3.46. The number of ether oxygens (including phenoxy) is 2. The molecule has 3 N–H and O–H groups in total. The lowest BCUT2D eigenvalue weighted by Gasteiger charge is -2.15. The SMILES string of the molecule is O=C(CCC(=O)OCCc1ccccc1)NC(=S)Nc1ccccc1C(=O)NCC1CCCO1. The van der Waals surface area contributed by atoms with Gasteiger partial charge in [-0.1, -0.05) is 42.5 Å². The molecule has 1 aliphatic rings. The van der Waals surface area contributed by atoms with Crippen LogP contribution in [0.3, 0.4) is 0 Å². The second-order valence-corrected chi connectivity index (χ2v) is 8.26. The Morgan fingerprint density at radius 3 is 2.56 bits per heavy atom. The number of amides is 2. The first-order valence-electron chi connectivity index (χ1n) is 11.3. The summed E-state index contributed by atoms with van der Waals surface area (Å²) in [4.78, 5) is 36.7. The predicted octanol–water partition coefficient (Wildman–Crippen LogP) is 2.97. The Balaban J connectivity index is 1.38. The summed E-state index contributed by atoms with van der Waals surface area (Å²) in [6, 6.07) is 16.6. The summed E-state index contributed by atoms with van der Waals surface area (Å²) in [5.41, 5.74) is 1.95. The van der Waals surface area contributed by atoms with Crippen molar-refractivity contribution >= 4 is 40.8 Å². The number of anilines is 1. The molecule has 1 heterocycles. The van der Waals surface area contributed by atoms with Gasteiger partial charge in [0.15, 0.2) is 5.11 Å². The minimum absolute atomic E-state index is 0.0365. The molecule has 1 unspecified atom stereocenters. The van der Waals surface area contributed by atoms with Gasteiger partial charge in [0, 0.05) is 26.0 Å². The third-order valence-electron chi connectivity index (χ3n) is 5.24. The van der Waals surface area contributed by atoms with E-state index < -0.39 is 11.9 Å². The van der Waals surface area contributed by atoms with Crippen LogP contribution < -0.4 is 16.0 Å². The van der Waals surface area contributed by atoms with Gasteiger partial charge in [-0.2, -0.15) is 0 Å². The van der Waals surface area contributed by atoms with Crippen molar-refractivity contribution in [3.05, 3.63) is 65.7 Å². The topological polar surface area (TPSA) is 106 Å². The Morgan fingerprint density at radius 1 is 1.03 bits per heavy atom. The van der Waals surface area contributed by atoms with Crippen molar-refractivity contribution in [2.24, 2.45) is 0 Å². The summed E-state index contributed by atoms with van der Waals surface area (Å²) >= 11 is 5.20. The minimum Gasteiger partial charge on any atom is -0.465 e. The first-order valence-corrected chi connectivity index (χ1v) is 11.7. The number of carbonyl (C=O) groups is 3. The molecule has 2 aromatic rings. The van der Waals surface area contributed by atoms with Crippen molar-refractivity contribution in [3.63, 3.8) is 0 Å². The molecule has 34 heavy (non-hydrogen) atoms. The molecular formula is C25H29N3O5S. The van der Waals surface area contributed by atoms with Gasteiger partial charge in [-0.05, 0) is 42.8 Å². The van der Waals surface area contributed by atoms with E-state index in [2.05, 4.69) is 16.0 Å². The second-order valence-electron chi connectivity index (χ2n) is 7.85. The van der Waals surface area contributed by atoms with Gasteiger partial charge < -0.3 is 25.4 Å². The van der Waals surface area contributed by atoms with E-state index in [1.165, 1.54) is 0 Å². The molecule has 1 saturated heterocycles. The van der Waals surface area contributed by atoms with Crippen LogP contribution in [0.5, 0.6) is 0 Å². The van der Waals surface area contributed by atoms with Gasteiger partial charge in [0.1, 0.15) is 0 Å². The van der Waals surface area contributed by atoms with E-state index in [-0.39, 0.29) is 36.6 Å². The van der Waals surface area contributed by atoms with Crippen LogP contribution in [0.25, 0.3) is 0 Å². The van der Waals surface area contributed by atoms with Crippen molar-refractivity contribution < 1.29 is 23.9 Å². The van der Waals surface area contributed by atoms with E-state index in [4.69, 9.17) is 21.7 Å². The number of thiocarbonyl (C=S) groups is 1. The zero-order chi connectivity index (χ0) is 24.2. The molecule has 0 saturated carbocycles. The van der Waals surface area contributed by atoms with Crippen LogP contribution in [-0.2, 0) is 25.5 Å². The number of benzene rings is 2. The van der Waals surface area contributed by atoms with Gasteiger partial charge >= 0.3 is 5.97 Å². The first kappa shape index (κ1) is 25.3. The van der Waals surface area contributed by atoms with Crippen LogP contribution in [0.1, 0.15) is 41.6 Å². The van der Waals surface area contributed by atoms with Gasteiger partial charge in [0.05, 0.1) is 30.4 Å². The third kappa shape index (κ3) is 8.57. The van der Waals surface area contributed by atoms with Gasteiger partial charge in [-0.15, -0.1) is 0 Å². The standard InChI is InChI=1S/C25H29N3O5S/c29-22(12-13-23(30)33-16-14-18-7-2-1-3-8-18)28-25(34)27-21-11-5-4-10-20(21)24(31)26-17-19-9-6-15-32-19/h1-5,7-8,10-11,19H,6,9,12-17H2,(H,26,31)(H2,27,28,29,34). The maximum absolute atomic E-state index is 12.6. The lowest BCUT2D eigenvalue weighted by Crippen LogP contribution is -2.36. The molecule has 3 rings (SSSR count). The summed E-state index contributed by atoms with van der Waals surface area (Å²) in [5.74, 6) is -1.12. The maximum Gasteiger partial charge on any atom is 0.306 e. The molecule has 8 nitrogen and oxygen atoms in total. The van der Waals surface area contributed by atoms with Crippen molar-refractivity contribution in [1.29, 1.82) is 0 Å². The highest BCUT2D eigenvalue weighted by molar-refractivity contribution is 7.80. The highest BCUT2D eigenvalue weighted by Gasteiger charge is 2.18. The van der Waals surface area contributed by atoms with Crippen molar-refractivity contribution in [2.45, 2.75) is 38.2 Å². The predicted molar refractivity (Wildman–Crippen MR) is 132 cm³/mol. The summed E-state index contributed by atoms with van der Waals surface area (Å²) in [7, 11) is 0. The van der Waals surface area contributed by atoms with E-state index in [1.54, 1.807) is 24.3 Å². The summed E-state index contributed by atoms with van der Waals surface area (Å²) in [6.45, 7) is 1.42. The molecule has 0 spiro atoms. The Labute approximate surface area is 204 Å². The molecule has 9 heteroatoms. The number of hydrogen-bond acceptors (Lipinski definition) is 6. The molecule has 2 aromatic carbocycles. The van der Waals surface area contributed by atoms with Crippen LogP contribution in [0.4, 0.5) is 5.69 Å². The number of hydrogen-bond donors (Lipinski definition) is 3. The molecule has 0 radical (unpaired) electrons. The number of para-hydroxylation sites is 1. The fraction of sp³-hybridized carbons (Fsp3) is 0.360. The zero-order valence-corrected chi connectivity index (χ0v) is 19.7. The quantitative estimate of drug-likeness (QED) is 0.352. The Morgan fingerprint density at radius 2 is 1.79 bits per heavy atom. The van der Waals surface area contributed by atoms with E-state index in [9.17, 15) is 14.4 Å². The van der Waals surface area contributed by atoms with Crippen LogP contribution in [0.15, 0.2) is 54.6 Å². The van der Waals surface area contributed by atoms with Crippen molar-refractivity contribution in [2.75, 3.05) is 25.1 Å². The Kier molecular flexibility index (Phi) is 9.99. The zero-order valence-electron chi connectivity index (χ0n) is 18.9. The average Bonchev–Trinajstić information content (AvgIpc) is 3.36. The van der Waals surface area contributed by atoms with Crippen LogP contribution in [0.2, 0.25) is 0 Å². The number of esters is 1. The van der Waals surface area contributed by atoms with Gasteiger partial charge in [-0.25, -0.2) is 0 Å². The van der Waals surface area contributed by atoms with Gasteiger partial charge in [0.2, 0.25) is 5.91 Å².